The van der Waals surface area contributed by atoms with E-state index in [4.69, 9.17) is 18.4 Å². The smallest absolute Gasteiger partial charge is 0.391 e. The number of benzene rings is 1. The van der Waals surface area contributed by atoms with E-state index in [1.165, 1.54) is 4.90 Å². The maximum absolute atomic E-state index is 14.6. The Hall–Kier alpha value is -3.99. The van der Waals surface area contributed by atoms with Crippen molar-refractivity contribution in [2.24, 2.45) is 22.7 Å². The van der Waals surface area contributed by atoms with Crippen LogP contribution in [0.3, 0.4) is 0 Å². The van der Waals surface area contributed by atoms with Gasteiger partial charge in [-0.25, -0.2) is 13.9 Å². The van der Waals surface area contributed by atoms with Crippen LogP contribution in [0.4, 0.5) is 13.2 Å². The van der Waals surface area contributed by atoms with Gasteiger partial charge >= 0.3 is 22.4 Å². The van der Waals surface area contributed by atoms with Gasteiger partial charge in [-0.15, -0.1) is 0 Å². The number of nitrogens with one attached hydrogen (secondary N) is 1. The Kier molecular flexibility index (Phi) is 11.9. The van der Waals surface area contributed by atoms with Gasteiger partial charge in [0.25, 0.3) is 0 Å². The Labute approximate surface area is 325 Å². The number of Topliss-reactive ketones (excluding diaryl/α,β-unsaturated/α-hetero) is 1. The molecule has 3 aliphatic rings. The number of aromatic nitrogens is 1. The van der Waals surface area contributed by atoms with E-state index in [0.29, 0.717) is 17.6 Å². The van der Waals surface area contributed by atoms with Crippen molar-refractivity contribution >= 4 is 44.6 Å². The fourth-order valence-corrected chi connectivity index (χ4v) is 8.80. The van der Waals surface area contributed by atoms with E-state index in [1.807, 2.05) is 6.07 Å². The summed E-state index contributed by atoms with van der Waals surface area (Å²) in [4.78, 5) is 61.6. The van der Waals surface area contributed by atoms with Crippen molar-refractivity contribution in [1.82, 2.24) is 14.6 Å². The molecule has 0 unspecified atom stereocenters. The first-order chi connectivity index (χ1) is 25.8. The van der Waals surface area contributed by atoms with E-state index in [0.717, 1.165) is 5.39 Å². The van der Waals surface area contributed by atoms with Gasteiger partial charge < -0.3 is 19.1 Å². The first-order valence-electron chi connectivity index (χ1n) is 18.8. The number of likely N-dealkylation sites (tertiary alicyclic amines) is 1. The van der Waals surface area contributed by atoms with Crippen molar-refractivity contribution in [2.45, 2.75) is 129 Å². The standard InChI is InChI=1S/C39H52F3N3O10S/c1-9-24-19-38(24,34(49)44-56(50,51)55-37(13-14-37)22-39(40,41)42)20-30(46)29-17-26(53-32-27-11-10-25(52-8)16-23(27)12-15-43-32)21-45(29)33(48)28(35(2,3)4)18-31(47)54-36(5,6)7/h10-12,15-16,24,26,28-29H,9,13-14,17-22H2,1-8H3,(H,44,49)/t24-,26-,28-,29+,38-/m1/s1. The van der Waals surface area contributed by atoms with Gasteiger partial charge in [-0.3, -0.25) is 19.2 Å². The number of carbonyl (C=O) groups is 4. The number of methoxy groups -OCH3 is 1. The van der Waals surface area contributed by atoms with Crippen LogP contribution in [0.2, 0.25) is 0 Å². The number of alkyl halides is 3. The zero-order valence-corrected chi connectivity index (χ0v) is 33.9. The lowest BCUT2D eigenvalue weighted by molar-refractivity contribution is -0.161. The third-order valence-corrected chi connectivity index (χ3v) is 11.8. The SMILES string of the molecule is CC[C@@H]1C[C@]1(CC(=O)[C@@H]1C[C@@H](Oc2nccc3cc(OC)ccc23)CN1C(=O)[C@@H](CC(=O)OC(C)(C)C)C(C)(C)C)C(=O)NS(=O)(=O)OC1(CC(F)(F)F)CC1. The fourth-order valence-electron chi connectivity index (χ4n) is 7.64. The van der Waals surface area contributed by atoms with Crippen LogP contribution in [-0.2, 0) is 38.4 Å². The summed E-state index contributed by atoms with van der Waals surface area (Å²) in [6.07, 6.45) is -5.86. The van der Waals surface area contributed by atoms with E-state index in [2.05, 4.69) is 4.98 Å². The molecule has 0 bridgehead atoms. The zero-order chi connectivity index (χ0) is 41.6. The lowest BCUT2D eigenvalue weighted by Crippen LogP contribution is -2.49. The van der Waals surface area contributed by atoms with Crippen molar-refractivity contribution < 1.29 is 59.2 Å². The van der Waals surface area contributed by atoms with Crippen molar-refractivity contribution in [3.63, 3.8) is 0 Å². The van der Waals surface area contributed by atoms with Gasteiger partial charge in [-0.05, 0) is 81.0 Å². The summed E-state index contributed by atoms with van der Waals surface area (Å²) in [5, 5.41) is 1.43. The van der Waals surface area contributed by atoms with Crippen LogP contribution in [0.1, 0.15) is 99.8 Å². The minimum Gasteiger partial charge on any atom is -0.497 e. The van der Waals surface area contributed by atoms with Gasteiger partial charge in [0.05, 0.1) is 49.5 Å². The van der Waals surface area contributed by atoms with E-state index in [1.54, 1.807) is 84.7 Å². The molecule has 17 heteroatoms. The average Bonchev–Trinajstić information content (AvgIpc) is 3.93. The van der Waals surface area contributed by atoms with Crippen molar-refractivity contribution in [1.29, 1.82) is 0 Å². The number of fused-ring (bicyclic) bond motifs is 1. The normalized spacial score (nSPS) is 24.0. The third kappa shape index (κ3) is 10.3. The van der Waals surface area contributed by atoms with Crippen LogP contribution in [-0.4, -0.2) is 85.0 Å². The monoisotopic (exact) mass is 811 g/mol. The van der Waals surface area contributed by atoms with Gasteiger partial charge in [-0.2, -0.15) is 21.6 Å². The molecule has 1 N–H and O–H groups in total. The van der Waals surface area contributed by atoms with E-state index in [9.17, 15) is 40.8 Å². The van der Waals surface area contributed by atoms with Crippen molar-refractivity contribution in [3.05, 3.63) is 30.5 Å². The van der Waals surface area contributed by atoms with E-state index >= 15 is 0 Å². The van der Waals surface area contributed by atoms with Gasteiger partial charge in [-0.1, -0.05) is 34.1 Å². The molecule has 2 heterocycles. The predicted octanol–water partition coefficient (Wildman–Crippen LogP) is 6.22. The number of ether oxygens (including phenoxy) is 3. The molecule has 5 atom stereocenters. The van der Waals surface area contributed by atoms with E-state index < -0.39 is 98.9 Å². The number of halogens is 3. The van der Waals surface area contributed by atoms with Gasteiger partial charge in [0, 0.05) is 24.4 Å². The number of carbonyl (C=O) groups excluding carboxylic acids is 4. The maximum atomic E-state index is 14.6. The number of ketones is 1. The predicted molar refractivity (Wildman–Crippen MR) is 197 cm³/mol. The molecule has 1 aliphatic heterocycles. The molecule has 5 rings (SSSR count). The summed E-state index contributed by atoms with van der Waals surface area (Å²) in [7, 11) is -3.43. The highest BCUT2D eigenvalue weighted by atomic mass is 32.2. The number of amides is 2. The summed E-state index contributed by atoms with van der Waals surface area (Å²) in [6.45, 7) is 12.2. The van der Waals surface area contributed by atoms with Crippen molar-refractivity contribution in [2.75, 3.05) is 13.7 Å². The van der Waals surface area contributed by atoms with Crippen LogP contribution in [0.25, 0.3) is 10.8 Å². The zero-order valence-electron chi connectivity index (χ0n) is 33.1. The highest BCUT2D eigenvalue weighted by molar-refractivity contribution is 7.85. The topological polar surface area (TPSA) is 168 Å². The molecule has 2 saturated carbocycles. The Morgan fingerprint density at radius 2 is 1.73 bits per heavy atom. The fraction of sp³-hybridized carbons (Fsp3) is 0.667. The Morgan fingerprint density at radius 3 is 2.29 bits per heavy atom. The quantitative estimate of drug-likeness (QED) is 0.203. The molecular formula is C39H52F3N3O10S. The van der Waals surface area contributed by atoms with Crippen LogP contribution in [0.5, 0.6) is 11.6 Å². The summed E-state index contributed by atoms with van der Waals surface area (Å²) in [6, 6.07) is 5.97. The molecule has 2 aliphatic carbocycles. The second-order valence-corrected chi connectivity index (χ2v) is 18.7. The average molecular weight is 812 g/mol. The number of hydrogen-bond acceptors (Lipinski definition) is 11. The Bertz CT molecular complexity index is 1960. The summed E-state index contributed by atoms with van der Waals surface area (Å²) < 4.78 is 89.1. The molecule has 56 heavy (non-hydrogen) atoms. The van der Waals surface area contributed by atoms with Crippen LogP contribution >= 0.6 is 0 Å². The number of rotatable bonds is 15. The largest absolute Gasteiger partial charge is 0.497 e. The number of hydrogen-bond donors (Lipinski definition) is 1. The Balaban J connectivity index is 1.42. The summed E-state index contributed by atoms with van der Waals surface area (Å²) in [5.74, 6) is -3.16. The number of nitrogens with zero attached hydrogens (tertiary/aromatic N) is 2. The second-order valence-electron chi connectivity index (χ2n) is 17.4. The lowest BCUT2D eigenvalue weighted by atomic mass is 9.77. The molecule has 1 aromatic carbocycles. The molecule has 2 amide bonds. The van der Waals surface area contributed by atoms with Crippen LogP contribution in [0, 0.1) is 22.7 Å². The minimum absolute atomic E-state index is 0.00203. The molecule has 0 radical (unpaired) electrons. The van der Waals surface area contributed by atoms with Crippen LogP contribution in [0.15, 0.2) is 30.5 Å². The molecule has 1 aromatic heterocycles. The van der Waals surface area contributed by atoms with Crippen LogP contribution < -0.4 is 14.2 Å². The Morgan fingerprint density at radius 1 is 1.05 bits per heavy atom. The van der Waals surface area contributed by atoms with Crippen molar-refractivity contribution in [3.8, 4) is 11.6 Å². The van der Waals surface area contributed by atoms with E-state index in [-0.39, 0.29) is 44.5 Å². The first-order valence-corrected chi connectivity index (χ1v) is 20.2. The molecule has 0 spiro atoms. The van der Waals surface area contributed by atoms with Gasteiger partial charge in [0.15, 0.2) is 5.78 Å². The maximum Gasteiger partial charge on any atom is 0.391 e. The van der Waals surface area contributed by atoms with Gasteiger partial charge in [0.2, 0.25) is 17.7 Å². The highest BCUT2D eigenvalue weighted by Crippen LogP contribution is 2.58. The number of esters is 1. The summed E-state index contributed by atoms with van der Waals surface area (Å²) in [5.41, 5.74) is -5.06. The second kappa shape index (κ2) is 15.4. The molecule has 310 valence electrons. The van der Waals surface area contributed by atoms with Gasteiger partial charge in [0.1, 0.15) is 17.5 Å². The molecule has 3 fully saturated rings. The molecule has 1 saturated heterocycles. The number of pyridine rings is 1. The summed E-state index contributed by atoms with van der Waals surface area (Å²) >= 11 is 0. The minimum atomic E-state index is -4.97. The highest BCUT2D eigenvalue weighted by Gasteiger charge is 2.62. The molecular weight excluding hydrogens is 760 g/mol. The third-order valence-electron chi connectivity index (χ3n) is 10.8. The molecule has 13 nitrogen and oxygen atoms in total. The molecule has 2 aromatic rings. The first kappa shape index (κ1) is 43.1. The lowest BCUT2D eigenvalue weighted by Gasteiger charge is -2.35.